The van der Waals surface area contributed by atoms with Gasteiger partial charge >= 0.3 is 11.9 Å². The molecule has 3 amide bonds. The van der Waals surface area contributed by atoms with E-state index in [-0.39, 0.29) is 37.2 Å². The summed E-state index contributed by atoms with van der Waals surface area (Å²) < 4.78 is 25.3. The van der Waals surface area contributed by atoms with Crippen molar-refractivity contribution in [2.75, 3.05) is 27.7 Å². The van der Waals surface area contributed by atoms with E-state index in [1.165, 1.54) is 15.9 Å². The Bertz CT molecular complexity index is 1860. The van der Waals surface area contributed by atoms with Gasteiger partial charge in [-0.15, -0.1) is 0 Å². The number of fused-ring (bicyclic) bond motifs is 1. The first kappa shape index (κ1) is 49.8. The Morgan fingerprint density at radius 2 is 1.61 bits per heavy atom. The van der Waals surface area contributed by atoms with Crippen LogP contribution in [0.2, 0.25) is 0 Å². The van der Waals surface area contributed by atoms with E-state index in [1.54, 1.807) is 78.3 Å². The Morgan fingerprint density at radius 1 is 0.935 bits per heavy atom. The largest absolute Gasteiger partial charge is 0.460 e. The lowest BCUT2D eigenvalue weighted by molar-refractivity contribution is -0.190. The van der Waals surface area contributed by atoms with Gasteiger partial charge < -0.3 is 39.2 Å². The zero-order valence-electron chi connectivity index (χ0n) is 38.0. The number of aliphatic hydroxyl groups is 1. The van der Waals surface area contributed by atoms with E-state index in [9.17, 15) is 29.1 Å². The summed E-state index contributed by atoms with van der Waals surface area (Å²) in [5, 5.41) is 13.1. The maximum absolute atomic E-state index is 14.7. The van der Waals surface area contributed by atoms with Crippen molar-refractivity contribution in [3.8, 4) is 0 Å². The normalized spacial score (nSPS) is 19.2. The van der Waals surface area contributed by atoms with E-state index in [4.69, 9.17) is 18.9 Å². The van der Waals surface area contributed by atoms with E-state index >= 15 is 0 Å². The van der Waals surface area contributed by atoms with Crippen molar-refractivity contribution in [2.45, 2.75) is 153 Å². The predicted octanol–water partition coefficient (Wildman–Crippen LogP) is 6.95. The highest BCUT2D eigenvalue weighted by atomic mass is 16.8. The van der Waals surface area contributed by atoms with Gasteiger partial charge in [-0.25, -0.2) is 4.79 Å². The van der Waals surface area contributed by atoms with Gasteiger partial charge in [0.1, 0.15) is 30.0 Å². The maximum atomic E-state index is 14.7. The molecule has 5 atom stereocenters. The van der Waals surface area contributed by atoms with Gasteiger partial charge in [0.15, 0.2) is 5.79 Å². The number of amides is 3. The number of carbonyl (C=O) groups excluding carboxylic acids is 5. The molecule has 2 aromatic rings. The fourth-order valence-electron chi connectivity index (χ4n) is 7.68. The van der Waals surface area contributed by atoms with Crippen LogP contribution in [-0.2, 0) is 44.5 Å². The van der Waals surface area contributed by atoms with Gasteiger partial charge in [-0.05, 0) is 75.4 Å². The minimum atomic E-state index is -1.02. The summed E-state index contributed by atoms with van der Waals surface area (Å²) in [5.41, 5.74) is 1.34. The van der Waals surface area contributed by atoms with Gasteiger partial charge in [0.2, 0.25) is 17.7 Å². The van der Waals surface area contributed by atoms with Crippen LogP contribution in [0.15, 0.2) is 72.3 Å². The average Bonchev–Trinajstić information content (AvgIpc) is 3.61. The molecule has 1 aliphatic carbocycles. The van der Waals surface area contributed by atoms with Crippen molar-refractivity contribution in [3.63, 3.8) is 0 Å². The summed E-state index contributed by atoms with van der Waals surface area (Å²) in [6.07, 6.45) is 9.86. The van der Waals surface area contributed by atoms with Gasteiger partial charge in [-0.2, -0.15) is 0 Å². The number of rotatable bonds is 22. The molecule has 1 aliphatic heterocycles. The first-order valence-electron chi connectivity index (χ1n) is 22.2. The summed E-state index contributed by atoms with van der Waals surface area (Å²) in [6.45, 7) is 9.16. The molecule has 1 fully saturated rings. The van der Waals surface area contributed by atoms with Crippen LogP contribution in [0.3, 0.4) is 0 Å². The van der Waals surface area contributed by atoms with Crippen LogP contribution in [0.1, 0.15) is 127 Å². The molecule has 2 N–H and O–H groups in total. The topological polar surface area (TPSA) is 161 Å². The zero-order chi connectivity index (χ0) is 45.5. The molecule has 0 aromatic heterocycles. The molecular weight excluding hydrogens is 791 g/mol. The number of nitrogens with zero attached hydrogens (tertiary/aromatic N) is 2. The number of carbonyl (C=O) groups is 5. The van der Waals surface area contributed by atoms with Gasteiger partial charge in [0, 0.05) is 64.9 Å². The summed E-state index contributed by atoms with van der Waals surface area (Å²) in [5.74, 6) is -3.15. The highest BCUT2D eigenvalue weighted by Gasteiger charge is 2.53. The molecule has 13 nitrogen and oxygen atoms in total. The molecule has 0 radical (unpaired) electrons. The first-order chi connectivity index (χ1) is 29.5. The number of nitrogens with one attached hydrogen (secondary N) is 1. The summed E-state index contributed by atoms with van der Waals surface area (Å²) >= 11 is 0. The molecule has 62 heavy (non-hydrogen) atoms. The fraction of sp³-hybridized carbons (Fsp3) is 0.571. The number of benzene rings is 2. The fourth-order valence-corrected chi connectivity index (χ4v) is 7.68. The number of hydrogen-bond acceptors (Lipinski definition) is 10. The second-order valence-electron chi connectivity index (χ2n) is 17.7. The van der Waals surface area contributed by atoms with Crippen LogP contribution >= 0.6 is 0 Å². The molecule has 0 bridgehead atoms. The van der Waals surface area contributed by atoms with Gasteiger partial charge in [0.25, 0.3) is 0 Å². The lowest BCUT2D eigenvalue weighted by Gasteiger charge is -2.34. The van der Waals surface area contributed by atoms with Crippen LogP contribution in [0.5, 0.6) is 0 Å². The van der Waals surface area contributed by atoms with Crippen LogP contribution < -0.4 is 5.32 Å². The van der Waals surface area contributed by atoms with Crippen molar-refractivity contribution >= 4 is 35.7 Å². The van der Waals surface area contributed by atoms with E-state index in [1.807, 2.05) is 30.3 Å². The molecule has 1 saturated heterocycles. The Hall–Kier alpha value is -4.85. The van der Waals surface area contributed by atoms with Crippen molar-refractivity contribution in [1.82, 2.24) is 15.1 Å². The Balaban J connectivity index is 1.65. The second-order valence-corrected chi connectivity index (χ2v) is 17.7. The van der Waals surface area contributed by atoms with Gasteiger partial charge in [0.05, 0.1) is 18.2 Å². The van der Waals surface area contributed by atoms with Crippen molar-refractivity contribution in [2.24, 2.45) is 0 Å². The van der Waals surface area contributed by atoms with Crippen LogP contribution in [0.25, 0.3) is 6.08 Å². The van der Waals surface area contributed by atoms with Crippen molar-refractivity contribution in [1.29, 1.82) is 0 Å². The molecule has 4 rings (SSSR count). The first-order valence-corrected chi connectivity index (χ1v) is 22.2. The minimum Gasteiger partial charge on any atom is -0.460 e. The van der Waals surface area contributed by atoms with Crippen LogP contribution in [-0.4, -0.2) is 114 Å². The summed E-state index contributed by atoms with van der Waals surface area (Å²) in [7, 11) is 4.87. The van der Waals surface area contributed by atoms with Gasteiger partial charge in [-0.1, -0.05) is 82.0 Å². The molecule has 5 unspecified atom stereocenters. The number of ether oxygens (including phenoxy) is 4. The smallest absolute Gasteiger partial charge is 0.338 e. The molecule has 340 valence electrons. The molecule has 13 heteroatoms. The van der Waals surface area contributed by atoms with Crippen molar-refractivity contribution in [3.05, 3.63) is 89.0 Å². The second kappa shape index (κ2) is 23.6. The Kier molecular flexibility index (Phi) is 18.9. The number of aliphatic hydroxyl groups excluding tert-OH is 1. The molecular formula is C49H69N3O10. The maximum Gasteiger partial charge on any atom is 0.338 e. The number of unbranched alkanes of at least 4 members (excludes halogenated alkanes) is 4. The third-order valence-corrected chi connectivity index (χ3v) is 11.1. The monoisotopic (exact) mass is 859 g/mol. The zero-order valence-corrected chi connectivity index (χ0v) is 38.0. The number of hydrogen-bond donors (Lipinski definition) is 2. The quantitative estimate of drug-likeness (QED) is 0.0721. The lowest BCUT2D eigenvalue weighted by atomic mass is 9.90. The molecule has 0 saturated carbocycles. The Morgan fingerprint density at radius 3 is 2.23 bits per heavy atom. The molecule has 2 aromatic carbocycles. The van der Waals surface area contributed by atoms with E-state index in [0.29, 0.717) is 24.0 Å². The minimum absolute atomic E-state index is 0.00516. The van der Waals surface area contributed by atoms with Gasteiger partial charge in [-0.3, -0.25) is 19.2 Å². The third kappa shape index (κ3) is 14.9. The number of likely N-dealkylation sites (N-methyl/N-ethyl adjacent to an activating group) is 2. The average molecular weight is 860 g/mol. The lowest BCUT2D eigenvalue weighted by Crippen LogP contribution is -2.53. The number of esters is 2. The summed E-state index contributed by atoms with van der Waals surface area (Å²) in [4.78, 5) is 70.4. The molecule has 1 heterocycles. The SMILES string of the molecule is CCCCCC1(CCCCC)OC2C=C(C(=O)N(C)C(Cc3ccccc3)C(=O)NC(CO)CCC(=O)OC(C)(C)C)CC(OC(=O)c3cccc(C=CC(=O)N(C)C)c3)C2O1. The predicted molar refractivity (Wildman–Crippen MR) is 238 cm³/mol. The summed E-state index contributed by atoms with van der Waals surface area (Å²) in [6, 6.07) is 14.3. The highest BCUT2D eigenvalue weighted by Crippen LogP contribution is 2.43. The molecule has 0 spiro atoms. The van der Waals surface area contributed by atoms with Crippen LogP contribution in [0, 0.1) is 0 Å². The highest BCUT2D eigenvalue weighted by molar-refractivity contribution is 5.98. The van der Waals surface area contributed by atoms with Crippen LogP contribution in [0.4, 0.5) is 0 Å². The third-order valence-electron chi connectivity index (χ3n) is 11.1. The van der Waals surface area contributed by atoms with Crippen molar-refractivity contribution < 1.29 is 48.0 Å². The standard InChI is InChI=1S/C49H69N3O10/c1-9-11-16-27-49(28-17-12-10-2)60-41-32-37(31-40(44(41)62-49)59-47(58)36-22-18-21-35(29-36)23-25-42(54)51(6)7)46(57)52(8)39(30-34-19-14-13-15-20-34)45(56)50-38(33-53)24-26-43(55)61-48(3,4)5/h13-15,18-23,25,29,32,38-41,44,53H,9-12,16-17,24,26-28,30-31,33H2,1-8H3,(H,50,56). The Labute approximate surface area is 368 Å². The van der Waals surface area contributed by atoms with E-state index in [2.05, 4.69) is 19.2 Å². The van der Waals surface area contributed by atoms with E-state index in [0.717, 1.165) is 44.1 Å². The molecule has 2 aliphatic rings. The van der Waals surface area contributed by atoms with E-state index < -0.39 is 72.1 Å².